The molecule has 35 heavy (non-hydrogen) atoms. The Labute approximate surface area is 217 Å². The van der Waals surface area contributed by atoms with Crippen LogP contribution in [0.15, 0.2) is 22.9 Å². The number of aromatic nitrogens is 3. The summed E-state index contributed by atoms with van der Waals surface area (Å²) in [7, 11) is 0. The average molecular weight is 543 g/mol. The monoisotopic (exact) mass is 541 g/mol. The van der Waals surface area contributed by atoms with Gasteiger partial charge in [-0.25, -0.2) is 0 Å². The molecule has 0 unspecified atom stereocenters. The summed E-state index contributed by atoms with van der Waals surface area (Å²) in [4.78, 5) is 18.2. The van der Waals surface area contributed by atoms with Gasteiger partial charge in [-0.3, -0.25) is 14.5 Å². The van der Waals surface area contributed by atoms with Gasteiger partial charge >= 0.3 is 0 Å². The highest BCUT2D eigenvalue weighted by Gasteiger charge is 2.62. The predicted octanol–water partition coefficient (Wildman–Crippen LogP) is 6.56. The number of Topliss-reactive ketones (excluding diaryl/α,β-unsaturated/α-hetero) is 1. The fourth-order valence-electron chi connectivity index (χ4n) is 9.79. The third-order valence-corrected chi connectivity index (χ3v) is 11.9. The molecule has 4 aliphatic rings. The fraction of sp³-hybridized carbons (Fsp3) is 0.759. The number of nitrogens with zero attached hydrogens (tertiary/aromatic N) is 3. The number of aliphatic hydroxyl groups is 1. The van der Waals surface area contributed by atoms with Crippen LogP contribution in [0.1, 0.15) is 85.0 Å². The van der Waals surface area contributed by atoms with Crippen LogP contribution < -0.4 is 0 Å². The lowest BCUT2D eigenvalue weighted by Crippen LogP contribution is -2.56. The minimum Gasteiger partial charge on any atom is -0.390 e. The van der Waals surface area contributed by atoms with Crippen LogP contribution in [-0.2, 0) is 11.3 Å². The van der Waals surface area contributed by atoms with Crippen molar-refractivity contribution in [3.63, 3.8) is 0 Å². The minimum atomic E-state index is -0.480. The van der Waals surface area contributed by atoms with E-state index in [9.17, 15) is 9.90 Å². The quantitative estimate of drug-likeness (QED) is 0.475. The molecular formula is C29H40BrN3O2. The Morgan fingerprint density at radius 2 is 1.94 bits per heavy atom. The predicted molar refractivity (Wildman–Crippen MR) is 141 cm³/mol. The topological polar surface area (TPSA) is 68.0 Å². The van der Waals surface area contributed by atoms with E-state index in [0.717, 1.165) is 46.6 Å². The Kier molecular flexibility index (Phi) is 5.76. The second-order valence-corrected chi connectivity index (χ2v) is 13.9. The lowest BCUT2D eigenvalue weighted by Gasteiger charge is -2.63. The zero-order chi connectivity index (χ0) is 24.6. The summed E-state index contributed by atoms with van der Waals surface area (Å²) >= 11 is 3.51. The van der Waals surface area contributed by atoms with Crippen LogP contribution in [-0.4, -0.2) is 31.3 Å². The van der Waals surface area contributed by atoms with Crippen LogP contribution in [0.5, 0.6) is 0 Å². The molecule has 4 saturated carbocycles. The number of fused-ring (bicyclic) bond motifs is 6. The fourth-order valence-corrected chi connectivity index (χ4v) is 10.1. The lowest BCUT2D eigenvalue weighted by atomic mass is 9.42. The van der Waals surface area contributed by atoms with Crippen molar-refractivity contribution in [1.82, 2.24) is 14.8 Å². The maximum absolute atomic E-state index is 13.8. The Morgan fingerprint density at radius 3 is 2.74 bits per heavy atom. The van der Waals surface area contributed by atoms with E-state index in [4.69, 9.17) is 0 Å². The highest BCUT2D eigenvalue weighted by Crippen LogP contribution is 2.69. The summed E-state index contributed by atoms with van der Waals surface area (Å²) < 4.78 is 2.76. The van der Waals surface area contributed by atoms with Gasteiger partial charge in [0.05, 0.1) is 17.3 Å². The molecule has 0 saturated heterocycles. The maximum Gasteiger partial charge on any atom is 0.157 e. The highest BCUT2D eigenvalue weighted by atomic mass is 79.9. The molecule has 8 atom stereocenters. The summed E-state index contributed by atoms with van der Waals surface area (Å²) in [5.74, 6) is 3.33. The molecule has 0 spiro atoms. The molecule has 0 aliphatic heterocycles. The zero-order valence-corrected chi connectivity index (χ0v) is 23.1. The molecular weight excluding hydrogens is 502 g/mol. The molecule has 190 valence electrons. The number of ketones is 1. The van der Waals surface area contributed by atoms with Crippen LogP contribution in [0, 0.1) is 40.4 Å². The van der Waals surface area contributed by atoms with Crippen molar-refractivity contribution in [2.75, 3.05) is 0 Å². The van der Waals surface area contributed by atoms with E-state index in [1.54, 1.807) is 12.4 Å². The zero-order valence-electron chi connectivity index (χ0n) is 21.5. The number of rotatable bonds is 4. The maximum atomic E-state index is 13.8. The number of halogens is 1. The van der Waals surface area contributed by atoms with Gasteiger partial charge in [0.15, 0.2) is 5.78 Å². The average Bonchev–Trinajstić information content (AvgIpc) is 3.38. The SMILES string of the molecule is CC[C@]12CC[C@@](C)(O)C[C@@H]1CC[C@H]1[C@@H]3CC[C@H](C(=O)Cn4ncc5ncc(Br)cc54)[C@@]3(C)CC[C@@H]12. The third kappa shape index (κ3) is 3.67. The van der Waals surface area contributed by atoms with Crippen molar-refractivity contribution >= 4 is 32.7 Å². The van der Waals surface area contributed by atoms with Crippen molar-refractivity contribution in [3.8, 4) is 0 Å². The first-order valence-corrected chi connectivity index (χ1v) is 14.7. The van der Waals surface area contributed by atoms with Gasteiger partial charge in [-0.1, -0.05) is 13.8 Å². The van der Waals surface area contributed by atoms with Gasteiger partial charge in [-0.05, 0) is 128 Å². The van der Waals surface area contributed by atoms with Crippen molar-refractivity contribution in [1.29, 1.82) is 0 Å². The van der Waals surface area contributed by atoms with Gasteiger partial charge in [0.25, 0.3) is 0 Å². The van der Waals surface area contributed by atoms with Gasteiger partial charge < -0.3 is 5.11 Å². The smallest absolute Gasteiger partial charge is 0.157 e. The van der Waals surface area contributed by atoms with Crippen molar-refractivity contribution < 1.29 is 9.90 Å². The molecule has 4 fully saturated rings. The Bertz CT molecular complexity index is 1140. The summed E-state index contributed by atoms with van der Waals surface area (Å²) in [6.45, 7) is 7.26. The number of hydrogen-bond donors (Lipinski definition) is 1. The van der Waals surface area contributed by atoms with Gasteiger partial charge in [0, 0.05) is 16.6 Å². The van der Waals surface area contributed by atoms with Gasteiger partial charge in [-0.15, -0.1) is 0 Å². The number of carbonyl (C=O) groups excluding carboxylic acids is 1. The summed E-state index contributed by atoms with van der Waals surface area (Å²) in [5.41, 5.74) is 1.80. The van der Waals surface area contributed by atoms with Gasteiger partial charge in [0.2, 0.25) is 0 Å². The van der Waals surface area contributed by atoms with E-state index in [1.807, 2.05) is 10.7 Å². The first-order chi connectivity index (χ1) is 16.7. The van der Waals surface area contributed by atoms with Crippen LogP contribution in [0.2, 0.25) is 0 Å². The lowest BCUT2D eigenvalue weighted by molar-refractivity contribution is -0.158. The molecule has 4 aliphatic carbocycles. The first-order valence-electron chi connectivity index (χ1n) is 13.9. The van der Waals surface area contributed by atoms with E-state index in [2.05, 4.69) is 46.8 Å². The van der Waals surface area contributed by atoms with E-state index >= 15 is 0 Å². The molecule has 6 rings (SSSR count). The van der Waals surface area contributed by atoms with E-state index < -0.39 is 5.60 Å². The summed E-state index contributed by atoms with van der Waals surface area (Å²) in [5, 5.41) is 15.4. The summed E-state index contributed by atoms with van der Waals surface area (Å²) in [6.07, 6.45) is 15.1. The molecule has 5 nitrogen and oxygen atoms in total. The van der Waals surface area contributed by atoms with E-state index in [0.29, 0.717) is 29.6 Å². The second kappa shape index (κ2) is 8.37. The third-order valence-electron chi connectivity index (χ3n) is 11.5. The number of pyridine rings is 1. The Balaban J connectivity index is 1.23. The molecule has 0 radical (unpaired) electrons. The minimum absolute atomic E-state index is 0.113. The van der Waals surface area contributed by atoms with Gasteiger partial charge in [0.1, 0.15) is 12.1 Å². The van der Waals surface area contributed by atoms with Crippen LogP contribution >= 0.6 is 15.9 Å². The van der Waals surface area contributed by atoms with Crippen LogP contribution in [0.3, 0.4) is 0 Å². The van der Waals surface area contributed by atoms with Crippen LogP contribution in [0.25, 0.3) is 11.0 Å². The Hall–Kier alpha value is -1.27. The van der Waals surface area contributed by atoms with E-state index in [-0.39, 0.29) is 11.3 Å². The molecule has 0 amide bonds. The van der Waals surface area contributed by atoms with Crippen molar-refractivity contribution in [3.05, 3.63) is 22.9 Å². The molecule has 1 N–H and O–H groups in total. The van der Waals surface area contributed by atoms with Crippen LogP contribution in [0.4, 0.5) is 0 Å². The number of carbonyl (C=O) groups is 1. The van der Waals surface area contributed by atoms with Gasteiger partial charge in [-0.2, -0.15) is 5.10 Å². The second-order valence-electron chi connectivity index (χ2n) is 12.9. The van der Waals surface area contributed by atoms with Crippen molar-refractivity contribution in [2.24, 2.45) is 40.4 Å². The molecule has 2 heterocycles. The van der Waals surface area contributed by atoms with E-state index in [1.165, 1.54) is 44.9 Å². The molecule has 0 aromatic carbocycles. The Morgan fingerprint density at radius 1 is 1.11 bits per heavy atom. The highest BCUT2D eigenvalue weighted by molar-refractivity contribution is 9.10. The summed E-state index contributed by atoms with van der Waals surface area (Å²) in [6, 6.07) is 2.01. The molecule has 0 bridgehead atoms. The standard InChI is InChI=1S/C29H40BrN3O2/c1-4-29-12-11-27(2,35)14-18(29)5-6-20-21-7-8-23(28(21,3)10-9-22(20)29)26(34)17-33-25-13-19(30)15-31-24(25)16-32-33/h13,15-16,18,20-23,35H,4-12,14,17H2,1-3H3/t18-,20-,21-,22-,23+,27+,28-,29-/m0/s1. The first kappa shape index (κ1) is 24.1. The number of hydrogen-bond acceptors (Lipinski definition) is 4. The normalized spacial score (nSPS) is 42.9. The molecule has 2 aromatic rings. The molecule has 2 aromatic heterocycles. The largest absolute Gasteiger partial charge is 0.390 e. The molecule has 6 heteroatoms. The van der Waals surface area contributed by atoms with Crippen molar-refractivity contribution in [2.45, 2.75) is 97.1 Å².